The molecule has 0 bridgehead atoms. The van der Waals surface area contributed by atoms with Crippen molar-refractivity contribution in [1.82, 2.24) is 14.9 Å². The molecule has 0 fully saturated rings. The monoisotopic (exact) mass is 481 g/mol. The van der Waals surface area contributed by atoms with Gasteiger partial charge in [-0.25, -0.2) is 9.78 Å². The number of nitrogens with one attached hydrogen (secondary N) is 2. The quantitative estimate of drug-likeness (QED) is 0.494. The lowest BCUT2D eigenvalue weighted by atomic mass is 9.88. The smallest absolute Gasteiger partial charge is 0.407 e. The normalized spacial score (nSPS) is 15.1. The van der Waals surface area contributed by atoms with Gasteiger partial charge in [0.15, 0.2) is 0 Å². The van der Waals surface area contributed by atoms with E-state index >= 15 is 0 Å². The molecule has 10 heteroatoms. The van der Waals surface area contributed by atoms with Crippen molar-refractivity contribution in [3.8, 4) is 6.07 Å². The Kier molecular flexibility index (Phi) is 7.22. The van der Waals surface area contributed by atoms with Crippen LogP contribution in [0.1, 0.15) is 33.1 Å². The van der Waals surface area contributed by atoms with Gasteiger partial charge in [0.1, 0.15) is 16.9 Å². The van der Waals surface area contributed by atoms with Gasteiger partial charge < -0.3 is 19.9 Å². The van der Waals surface area contributed by atoms with Crippen molar-refractivity contribution in [3.63, 3.8) is 0 Å². The summed E-state index contributed by atoms with van der Waals surface area (Å²) in [5.74, 6) is 0.656. The van der Waals surface area contributed by atoms with Crippen LogP contribution in [0.25, 0.3) is 6.08 Å². The molecule has 2 amide bonds. The molecule has 3 heterocycles. The number of rotatable bonds is 7. The molecular formula is C23H23N5O3S2. The van der Waals surface area contributed by atoms with Gasteiger partial charge in [0.25, 0.3) is 0 Å². The molecule has 1 unspecified atom stereocenters. The second kappa shape index (κ2) is 10.5. The molecule has 0 saturated heterocycles. The minimum Gasteiger partial charge on any atom is -0.449 e. The summed E-state index contributed by atoms with van der Waals surface area (Å²) in [5, 5.41) is 17.8. The number of imidazole rings is 1. The fraction of sp³-hybridized carbons (Fsp3) is 0.304. The molecule has 170 valence electrons. The number of anilines is 1. The molecule has 1 aliphatic carbocycles. The predicted molar refractivity (Wildman–Crippen MR) is 128 cm³/mol. The largest absolute Gasteiger partial charge is 0.449 e. The third-order valence-corrected chi connectivity index (χ3v) is 7.43. The summed E-state index contributed by atoms with van der Waals surface area (Å²) >= 11 is 2.98. The first-order valence-electron chi connectivity index (χ1n) is 10.5. The second-order valence-corrected chi connectivity index (χ2v) is 9.76. The average molecular weight is 482 g/mol. The van der Waals surface area contributed by atoms with Gasteiger partial charge in [0.2, 0.25) is 5.91 Å². The van der Waals surface area contributed by atoms with E-state index in [0.717, 1.165) is 34.0 Å². The van der Waals surface area contributed by atoms with Crippen molar-refractivity contribution in [3.05, 3.63) is 62.7 Å². The highest BCUT2D eigenvalue weighted by Crippen LogP contribution is 2.39. The standard InChI is InChI=1S/C23H23N5O3S2/c1-28-9-8-25-20(28)13-26-23(30)31-14-15-4-6-17-18(12-24)22(33-19(17)11-15)27-21(29)7-5-16-3-2-10-32-16/h2-3,5,7-10,15H,4,6,11,13-14H2,1H3,(H,26,30)(H,27,29). The zero-order valence-corrected chi connectivity index (χ0v) is 19.7. The molecule has 4 rings (SSSR count). The highest BCUT2D eigenvalue weighted by atomic mass is 32.1. The summed E-state index contributed by atoms with van der Waals surface area (Å²) in [6, 6.07) is 6.10. The van der Waals surface area contributed by atoms with Crippen molar-refractivity contribution < 1.29 is 14.3 Å². The summed E-state index contributed by atoms with van der Waals surface area (Å²) in [4.78, 5) is 30.6. The van der Waals surface area contributed by atoms with Crippen LogP contribution in [0, 0.1) is 17.2 Å². The Hall–Kier alpha value is -3.42. The number of carbonyl (C=O) groups excluding carboxylic acids is 2. The van der Waals surface area contributed by atoms with Crippen molar-refractivity contribution in [2.45, 2.75) is 25.8 Å². The Labute approximate surface area is 199 Å². The van der Waals surface area contributed by atoms with Crippen LogP contribution in [0.5, 0.6) is 0 Å². The van der Waals surface area contributed by atoms with Gasteiger partial charge in [-0.2, -0.15) is 5.26 Å². The van der Waals surface area contributed by atoms with E-state index in [2.05, 4.69) is 21.7 Å². The van der Waals surface area contributed by atoms with E-state index in [9.17, 15) is 14.9 Å². The Morgan fingerprint density at radius 1 is 1.45 bits per heavy atom. The second-order valence-electron chi connectivity index (χ2n) is 7.67. The number of nitrogens with zero attached hydrogens (tertiary/aromatic N) is 3. The Morgan fingerprint density at radius 3 is 3.06 bits per heavy atom. The van der Waals surface area contributed by atoms with Gasteiger partial charge in [-0.1, -0.05) is 6.07 Å². The summed E-state index contributed by atoms with van der Waals surface area (Å²) < 4.78 is 7.24. The van der Waals surface area contributed by atoms with Crippen LogP contribution >= 0.6 is 22.7 Å². The van der Waals surface area contributed by atoms with Crippen LogP contribution in [0.15, 0.2) is 36.0 Å². The number of hydrogen-bond donors (Lipinski definition) is 2. The van der Waals surface area contributed by atoms with Crippen LogP contribution in [0.3, 0.4) is 0 Å². The van der Waals surface area contributed by atoms with Crippen molar-refractivity contribution in [1.29, 1.82) is 5.26 Å². The van der Waals surface area contributed by atoms with Gasteiger partial charge in [0.05, 0.1) is 18.7 Å². The van der Waals surface area contributed by atoms with Crippen molar-refractivity contribution in [2.24, 2.45) is 13.0 Å². The number of carbonyl (C=O) groups is 2. The molecule has 3 aromatic heterocycles. The number of fused-ring (bicyclic) bond motifs is 1. The molecule has 0 spiro atoms. The predicted octanol–water partition coefficient (Wildman–Crippen LogP) is 4.10. The van der Waals surface area contributed by atoms with Gasteiger partial charge in [-0.15, -0.1) is 22.7 Å². The number of hydrogen-bond acceptors (Lipinski definition) is 7. The number of ether oxygens (including phenoxy) is 1. The zero-order valence-electron chi connectivity index (χ0n) is 18.0. The van der Waals surface area contributed by atoms with E-state index < -0.39 is 6.09 Å². The van der Waals surface area contributed by atoms with Gasteiger partial charge >= 0.3 is 6.09 Å². The van der Waals surface area contributed by atoms with E-state index in [1.807, 2.05) is 35.3 Å². The average Bonchev–Trinajstić information content (AvgIpc) is 3.54. The number of aryl methyl sites for hydroxylation is 1. The molecule has 0 radical (unpaired) electrons. The summed E-state index contributed by atoms with van der Waals surface area (Å²) in [6.07, 6.45) is 8.50. The minimum atomic E-state index is -0.474. The number of amides is 2. The molecule has 3 aromatic rings. The first-order chi connectivity index (χ1) is 16.0. The lowest BCUT2D eigenvalue weighted by Crippen LogP contribution is -2.28. The van der Waals surface area contributed by atoms with Crippen molar-refractivity contribution >= 4 is 45.8 Å². The highest BCUT2D eigenvalue weighted by molar-refractivity contribution is 7.16. The number of aromatic nitrogens is 2. The third kappa shape index (κ3) is 5.69. The van der Waals surface area contributed by atoms with E-state index in [0.29, 0.717) is 30.1 Å². The minimum absolute atomic E-state index is 0.170. The van der Waals surface area contributed by atoms with E-state index in [1.165, 1.54) is 17.4 Å². The Bertz CT molecular complexity index is 1200. The Balaban J connectivity index is 1.31. The highest BCUT2D eigenvalue weighted by Gasteiger charge is 2.27. The van der Waals surface area contributed by atoms with Gasteiger partial charge in [0, 0.05) is 35.3 Å². The maximum atomic E-state index is 12.3. The van der Waals surface area contributed by atoms with Crippen LogP contribution in [-0.4, -0.2) is 28.2 Å². The molecule has 1 atom stereocenters. The molecule has 33 heavy (non-hydrogen) atoms. The fourth-order valence-corrected chi connectivity index (χ4v) is 5.60. The lowest BCUT2D eigenvalue weighted by molar-refractivity contribution is -0.111. The lowest BCUT2D eigenvalue weighted by Gasteiger charge is -2.21. The summed E-state index contributed by atoms with van der Waals surface area (Å²) in [7, 11) is 1.86. The van der Waals surface area contributed by atoms with E-state index in [1.54, 1.807) is 23.6 Å². The molecule has 0 saturated carbocycles. The number of nitriles is 1. The van der Waals surface area contributed by atoms with Crippen LogP contribution < -0.4 is 10.6 Å². The van der Waals surface area contributed by atoms with Gasteiger partial charge in [-0.3, -0.25) is 4.79 Å². The molecule has 2 N–H and O–H groups in total. The maximum absolute atomic E-state index is 12.3. The van der Waals surface area contributed by atoms with Crippen molar-refractivity contribution in [2.75, 3.05) is 11.9 Å². The Morgan fingerprint density at radius 2 is 2.33 bits per heavy atom. The third-order valence-electron chi connectivity index (χ3n) is 5.42. The molecule has 8 nitrogen and oxygen atoms in total. The first-order valence-corrected chi connectivity index (χ1v) is 12.2. The SMILES string of the molecule is Cn1ccnc1CNC(=O)OCC1CCc2c(sc(NC(=O)C=Cc3cccs3)c2C#N)C1. The molecular weight excluding hydrogens is 458 g/mol. The van der Waals surface area contributed by atoms with Crippen LogP contribution in [-0.2, 0) is 36.0 Å². The fourth-order valence-electron chi connectivity index (χ4n) is 3.66. The molecule has 0 aliphatic heterocycles. The van der Waals surface area contributed by atoms with Crippen LogP contribution in [0.2, 0.25) is 0 Å². The van der Waals surface area contributed by atoms with Gasteiger partial charge in [-0.05, 0) is 48.3 Å². The number of alkyl carbamates (subject to hydrolysis) is 1. The van der Waals surface area contributed by atoms with Crippen LogP contribution in [0.4, 0.5) is 9.80 Å². The van der Waals surface area contributed by atoms with E-state index in [-0.39, 0.29) is 11.8 Å². The topological polar surface area (TPSA) is 109 Å². The number of thiophene rings is 2. The molecule has 1 aliphatic rings. The first kappa shape index (κ1) is 22.8. The van der Waals surface area contributed by atoms with E-state index in [4.69, 9.17) is 4.74 Å². The summed E-state index contributed by atoms with van der Waals surface area (Å²) in [6.45, 7) is 0.606. The maximum Gasteiger partial charge on any atom is 0.407 e. The summed E-state index contributed by atoms with van der Waals surface area (Å²) in [5.41, 5.74) is 1.54. The zero-order chi connectivity index (χ0) is 23.2. The molecule has 0 aromatic carbocycles.